The molecule has 0 heterocycles. The Morgan fingerprint density at radius 3 is 2.45 bits per heavy atom. The lowest BCUT2D eigenvalue weighted by molar-refractivity contribution is 0.434. The number of rotatable bonds is 3. The van der Waals surface area contributed by atoms with E-state index in [1.807, 2.05) is 0 Å². The summed E-state index contributed by atoms with van der Waals surface area (Å²) < 4.78 is 33.1. The van der Waals surface area contributed by atoms with Crippen LogP contribution >= 0.6 is 31.9 Å². The van der Waals surface area contributed by atoms with Crippen LogP contribution in [0.1, 0.15) is 5.56 Å². The summed E-state index contributed by atoms with van der Waals surface area (Å²) in [6.45, 7) is 0. The number of nitrogens with two attached hydrogens (primary N) is 1. The fourth-order valence-corrected chi connectivity index (χ4v) is 2.36. The van der Waals surface area contributed by atoms with Gasteiger partial charge in [0.15, 0.2) is 11.6 Å². The highest BCUT2D eigenvalue weighted by molar-refractivity contribution is 9.10. The van der Waals surface area contributed by atoms with Crippen molar-refractivity contribution in [1.29, 1.82) is 5.41 Å². The molecule has 2 aromatic rings. The van der Waals surface area contributed by atoms with Crippen molar-refractivity contribution in [3.05, 3.63) is 56.5 Å². The van der Waals surface area contributed by atoms with Crippen molar-refractivity contribution in [2.24, 2.45) is 5.73 Å². The van der Waals surface area contributed by atoms with Crippen LogP contribution in [0.2, 0.25) is 0 Å². The first-order valence-electron chi connectivity index (χ1n) is 5.35. The Morgan fingerprint density at radius 2 is 1.80 bits per heavy atom. The second-order valence-corrected chi connectivity index (χ2v) is 5.48. The minimum absolute atomic E-state index is 0.0232. The lowest BCUT2D eigenvalue weighted by Crippen LogP contribution is -2.12. The van der Waals surface area contributed by atoms with Gasteiger partial charge in [0.2, 0.25) is 0 Å². The van der Waals surface area contributed by atoms with Crippen molar-refractivity contribution in [3.63, 3.8) is 0 Å². The summed E-state index contributed by atoms with van der Waals surface area (Å²) in [5.41, 5.74) is 5.53. The van der Waals surface area contributed by atoms with Gasteiger partial charge >= 0.3 is 0 Å². The summed E-state index contributed by atoms with van der Waals surface area (Å²) in [4.78, 5) is 0. The van der Waals surface area contributed by atoms with Crippen LogP contribution in [0.15, 0.2) is 39.3 Å². The average molecular weight is 406 g/mol. The van der Waals surface area contributed by atoms with Gasteiger partial charge in [0.1, 0.15) is 17.4 Å². The number of nitrogen functional groups attached to an aromatic ring is 1. The van der Waals surface area contributed by atoms with Gasteiger partial charge in [-0.05, 0) is 56.1 Å². The van der Waals surface area contributed by atoms with Crippen molar-refractivity contribution in [3.8, 4) is 11.5 Å². The summed E-state index contributed by atoms with van der Waals surface area (Å²) in [6, 6.07) is 6.62. The molecule has 0 saturated heterocycles. The molecule has 0 aliphatic heterocycles. The third-order valence-electron chi connectivity index (χ3n) is 2.45. The van der Waals surface area contributed by atoms with Gasteiger partial charge in [0.05, 0.1) is 8.95 Å². The Labute approximate surface area is 130 Å². The van der Waals surface area contributed by atoms with Gasteiger partial charge in [-0.15, -0.1) is 0 Å². The molecule has 7 heteroatoms. The lowest BCUT2D eigenvalue weighted by Gasteiger charge is -2.11. The van der Waals surface area contributed by atoms with E-state index in [2.05, 4.69) is 31.9 Å². The standard InChI is InChI=1S/C13H8Br2F2N2O/c14-8-3-1-6(16)5-10(8)20-9-4-2-7(13(18)19)11(15)12(9)17/h1-5H,(H3,18,19). The molecule has 3 nitrogen and oxygen atoms in total. The van der Waals surface area contributed by atoms with Crippen LogP contribution in [-0.4, -0.2) is 5.84 Å². The van der Waals surface area contributed by atoms with E-state index in [9.17, 15) is 8.78 Å². The molecule has 0 unspecified atom stereocenters. The maximum atomic E-state index is 14.1. The predicted octanol–water partition coefficient (Wildman–Crippen LogP) is 4.57. The van der Waals surface area contributed by atoms with Gasteiger partial charge in [-0.3, -0.25) is 5.41 Å². The number of nitrogens with one attached hydrogen (secondary N) is 1. The molecule has 0 atom stereocenters. The first kappa shape index (κ1) is 14.9. The predicted molar refractivity (Wildman–Crippen MR) is 79.3 cm³/mol. The molecular formula is C13H8Br2F2N2O. The summed E-state index contributed by atoms with van der Waals surface area (Å²) in [5, 5.41) is 7.31. The molecule has 0 aliphatic carbocycles. The average Bonchev–Trinajstić information content (AvgIpc) is 2.39. The first-order chi connectivity index (χ1) is 9.40. The van der Waals surface area contributed by atoms with Gasteiger partial charge in [-0.25, -0.2) is 8.78 Å². The maximum absolute atomic E-state index is 14.1. The third-order valence-corrected chi connectivity index (χ3v) is 3.88. The highest BCUT2D eigenvalue weighted by Crippen LogP contribution is 2.35. The minimum atomic E-state index is -0.714. The zero-order valence-electron chi connectivity index (χ0n) is 9.88. The smallest absolute Gasteiger partial charge is 0.180 e. The van der Waals surface area contributed by atoms with Crippen LogP contribution < -0.4 is 10.5 Å². The van der Waals surface area contributed by atoms with Crippen molar-refractivity contribution >= 4 is 37.7 Å². The fourth-order valence-electron chi connectivity index (χ4n) is 1.49. The quantitative estimate of drug-likeness (QED) is 0.580. The Kier molecular flexibility index (Phi) is 4.39. The summed E-state index contributed by atoms with van der Waals surface area (Å²) >= 11 is 6.21. The fraction of sp³-hybridized carbons (Fsp3) is 0. The Bertz CT molecular complexity index is 692. The lowest BCUT2D eigenvalue weighted by atomic mass is 10.2. The molecule has 0 radical (unpaired) electrons. The van der Waals surface area contributed by atoms with E-state index in [-0.39, 0.29) is 27.4 Å². The molecule has 2 aromatic carbocycles. The Balaban J connectivity index is 2.42. The molecule has 0 saturated carbocycles. The largest absolute Gasteiger partial charge is 0.453 e. The highest BCUT2D eigenvalue weighted by Gasteiger charge is 2.15. The molecule has 0 aromatic heterocycles. The van der Waals surface area contributed by atoms with Crippen molar-refractivity contribution in [1.82, 2.24) is 0 Å². The molecular weight excluding hydrogens is 398 g/mol. The van der Waals surface area contributed by atoms with Crippen molar-refractivity contribution in [2.75, 3.05) is 0 Å². The van der Waals surface area contributed by atoms with Gasteiger partial charge in [-0.1, -0.05) is 0 Å². The van der Waals surface area contributed by atoms with Gasteiger partial charge in [-0.2, -0.15) is 0 Å². The van der Waals surface area contributed by atoms with Gasteiger partial charge in [0.25, 0.3) is 0 Å². The van der Waals surface area contributed by atoms with Crippen LogP contribution in [-0.2, 0) is 0 Å². The molecule has 20 heavy (non-hydrogen) atoms. The number of hydrogen-bond donors (Lipinski definition) is 2. The SMILES string of the molecule is N=C(N)c1ccc(Oc2cc(F)ccc2Br)c(F)c1Br. The van der Waals surface area contributed by atoms with E-state index in [0.29, 0.717) is 4.47 Å². The first-order valence-corrected chi connectivity index (χ1v) is 6.94. The zero-order valence-corrected chi connectivity index (χ0v) is 13.1. The zero-order chi connectivity index (χ0) is 14.9. The molecule has 2 rings (SSSR count). The second-order valence-electron chi connectivity index (χ2n) is 3.83. The Hall–Kier alpha value is -1.47. The minimum Gasteiger partial charge on any atom is -0.453 e. The number of halogens is 4. The highest BCUT2D eigenvalue weighted by atomic mass is 79.9. The van der Waals surface area contributed by atoms with Crippen LogP contribution in [0.5, 0.6) is 11.5 Å². The Morgan fingerprint density at radius 1 is 1.10 bits per heavy atom. The molecule has 104 valence electrons. The van der Waals surface area contributed by atoms with Crippen LogP contribution in [0.4, 0.5) is 8.78 Å². The molecule has 0 aliphatic rings. The van der Waals surface area contributed by atoms with Crippen LogP contribution in [0.25, 0.3) is 0 Å². The third kappa shape index (κ3) is 2.99. The summed E-state index contributed by atoms with van der Waals surface area (Å²) in [5.74, 6) is -1.44. The van der Waals surface area contributed by atoms with Gasteiger partial charge in [0, 0.05) is 11.6 Å². The van der Waals surface area contributed by atoms with E-state index >= 15 is 0 Å². The monoisotopic (exact) mass is 404 g/mol. The molecule has 0 bridgehead atoms. The van der Waals surface area contributed by atoms with Crippen LogP contribution in [0, 0.1) is 17.0 Å². The molecule has 0 spiro atoms. The van der Waals surface area contributed by atoms with Gasteiger partial charge < -0.3 is 10.5 Å². The molecule has 3 N–H and O–H groups in total. The second kappa shape index (κ2) is 5.88. The van der Waals surface area contributed by atoms with E-state index in [1.54, 1.807) is 0 Å². The topological polar surface area (TPSA) is 59.1 Å². The summed E-state index contributed by atoms with van der Waals surface area (Å²) in [6.07, 6.45) is 0. The summed E-state index contributed by atoms with van der Waals surface area (Å²) in [7, 11) is 0. The van der Waals surface area contributed by atoms with Crippen molar-refractivity contribution < 1.29 is 13.5 Å². The van der Waals surface area contributed by atoms with E-state index in [0.717, 1.165) is 6.07 Å². The maximum Gasteiger partial charge on any atom is 0.180 e. The van der Waals surface area contributed by atoms with E-state index < -0.39 is 11.6 Å². The van der Waals surface area contributed by atoms with Crippen molar-refractivity contribution in [2.45, 2.75) is 0 Å². The normalized spacial score (nSPS) is 10.4. The number of amidine groups is 1. The number of ether oxygens (including phenoxy) is 1. The molecule has 0 fully saturated rings. The van der Waals surface area contributed by atoms with E-state index in [1.165, 1.54) is 24.3 Å². The van der Waals surface area contributed by atoms with Crippen LogP contribution in [0.3, 0.4) is 0 Å². The number of hydrogen-bond acceptors (Lipinski definition) is 2. The molecule has 0 amide bonds. The van der Waals surface area contributed by atoms with E-state index in [4.69, 9.17) is 15.9 Å². The number of benzene rings is 2.